The van der Waals surface area contributed by atoms with E-state index in [0.717, 1.165) is 24.8 Å². The molecule has 7 heteroatoms. The van der Waals surface area contributed by atoms with Crippen molar-refractivity contribution in [2.75, 3.05) is 39.8 Å². The maximum atomic E-state index is 12.7. The van der Waals surface area contributed by atoms with Crippen LogP contribution in [0.2, 0.25) is 0 Å². The Kier molecular flexibility index (Phi) is 5.94. The zero-order chi connectivity index (χ0) is 16.2. The predicted molar refractivity (Wildman–Crippen MR) is 82.0 cm³/mol. The molecule has 0 spiro atoms. The second-order valence-electron chi connectivity index (χ2n) is 6.30. The molecule has 0 aromatic heterocycles. The van der Waals surface area contributed by atoms with Crippen molar-refractivity contribution < 1.29 is 13.2 Å². The molecule has 0 amide bonds. The minimum absolute atomic E-state index is 0.420. The number of halogens is 3. The Morgan fingerprint density at radius 2 is 1.86 bits per heavy atom. The van der Waals surface area contributed by atoms with Crippen molar-refractivity contribution in [1.82, 2.24) is 15.1 Å². The van der Waals surface area contributed by atoms with Crippen LogP contribution < -0.4 is 5.32 Å². The lowest BCUT2D eigenvalue weighted by Crippen LogP contribution is -2.56. The average Bonchev–Trinajstić information content (AvgIpc) is 3.30. The molecule has 1 aliphatic carbocycles. The van der Waals surface area contributed by atoms with Crippen molar-refractivity contribution >= 4 is 5.96 Å². The molecule has 128 valence electrons. The van der Waals surface area contributed by atoms with E-state index < -0.39 is 12.2 Å². The predicted octanol–water partition coefficient (Wildman–Crippen LogP) is 2.32. The molecule has 1 N–H and O–H groups in total. The van der Waals surface area contributed by atoms with Crippen molar-refractivity contribution in [3.63, 3.8) is 0 Å². The summed E-state index contributed by atoms with van der Waals surface area (Å²) in [7, 11) is 1.73. The highest BCUT2D eigenvalue weighted by molar-refractivity contribution is 5.79. The molecule has 2 rings (SSSR count). The average molecular weight is 320 g/mol. The van der Waals surface area contributed by atoms with Gasteiger partial charge in [0.1, 0.15) is 6.04 Å². The number of rotatable bonds is 5. The number of piperazine rings is 1. The van der Waals surface area contributed by atoms with Crippen LogP contribution in [0.3, 0.4) is 0 Å². The summed E-state index contributed by atoms with van der Waals surface area (Å²) < 4.78 is 38.2. The molecule has 4 nitrogen and oxygen atoms in total. The molecule has 2 aliphatic rings. The Morgan fingerprint density at radius 3 is 2.36 bits per heavy atom. The number of nitrogens with zero attached hydrogens (tertiary/aromatic N) is 3. The van der Waals surface area contributed by atoms with E-state index in [0.29, 0.717) is 26.2 Å². The molecule has 1 heterocycles. The van der Waals surface area contributed by atoms with Crippen LogP contribution in [0.1, 0.15) is 32.6 Å². The first-order valence-corrected chi connectivity index (χ1v) is 8.18. The van der Waals surface area contributed by atoms with Gasteiger partial charge in [-0.15, -0.1) is 0 Å². The molecular weight excluding hydrogens is 293 g/mol. The molecule has 0 aromatic carbocycles. The zero-order valence-electron chi connectivity index (χ0n) is 13.5. The summed E-state index contributed by atoms with van der Waals surface area (Å²) >= 11 is 0. The second-order valence-corrected chi connectivity index (χ2v) is 6.30. The van der Waals surface area contributed by atoms with Crippen LogP contribution in [0.15, 0.2) is 4.99 Å². The Balaban J connectivity index is 1.71. The number of hydrogen-bond acceptors (Lipinski definition) is 2. The summed E-state index contributed by atoms with van der Waals surface area (Å²) in [5.41, 5.74) is 0. The summed E-state index contributed by atoms with van der Waals surface area (Å²) in [6, 6.07) is -1.37. The van der Waals surface area contributed by atoms with Crippen LogP contribution in [0.25, 0.3) is 0 Å². The summed E-state index contributed by atoms with van der Waals surface area (Å²) in [4.78, 5) is 7.80. The van der Waals surface area contributed by atoms with Crippen LogP contribution in [0.5, 0.6) is 0 Å². The Hall–Kier alpha value is -0.980. The standard InChI is InChI=1S/C15H27F3N4/c1-12(15(16,17)18)21-8-10-22(11-9-21)14(19-2)20-7-3-4-13-5-6-13/h12-13H,3-11H2,1-2H3,(H,19,20). The van der Waals surface area contributed by atoms with Gasteiger partial charge in [-0.1, -0.05) is 12.8 Å². The first-order chi connectivity index (χ1) is 10.4. The summed E-state index contributed by atoms with van der Waals surface area (Å²) in [5, 5.41) is 3.33. The van der Waals surface area contributed by atoms with Crippen molar-refractivity contribution in [3.8, 4) is 0 Å². The molecule has 1 unspecified atom stereocenters. The number of guanidine groups is 1. The van der Waals surface area contributed by atoms with Crippen molar-refractivity contribution in [3.05, 3.63) is 0 Å². The van der Waals surface area contributed by atoms with Gasteiger partial charge < -0.3 is 10.2 Å². The van der Waals surface area contributed by atoms with Crippen molar-refractivity contribution in [2.45, 2.75) is 44.8 Å². The summed E-state index contributed by atoms with van der Waals surface area (Å²) in [6.45, 7) is 4.14. The third kappa shape index (κ3) is 5.04. The number of hydrogen-bond donors (Lipinski definition) is 1. The lowest BCUT2D eigenvalue weighted by molar-refractivity contribution is -0.181. The summed E-state index contributed by atoms with van der Waals surface area (Å²) in [6.07, 6.45) is 0.989. The Morgan fingerprint density at radius 1 is 1.23 bits per heavy atom. The van der Waals surface area contributed by atoms with E-state index in [9.17, 15) is 13.2 Å². The van der Waals surface area contributed by atoms with Crippen LogP contribution in [-0.2, 0) is 0 Å². The molecule has 0 aromatic rings. The van der Waals surface area contributed by atoms with E-state index >= 15 is 0 Å². The van der Waals surface area contributed by atoms with Gasteiger partial charge in [0.15, 0.2) is 5.96 Å². The van der Waals surface area contributed by atoms with E-state index in [1.807, 2.05) is 0 Å². The molecule has 1 atom stereocenters. The molecule has 22 heavy (non-hydrogen) atoms. The third-order valence-corrected chi connectivity index (χ3v) is 4.62. The maximum absolute atomic E-state index is 12.7. The molecule has 1 saturated carbocycles. The van der Waals surface area contributed by atoms with E-state index in [4.69, 9.17) is 0 Å². The Labute approximate surface area is 130 Å². The molecule has 2 fully saturated rings. The first kappa shape index (κ1) is 17.4. The van der Waals surface area contributed by atoms with Crippen molar-refractivity contribution in [1.29, 1.82) is 0 Å². The molecule has 1 saturated heterocycles. The lowest BCUT2D eigenvalue weighted by Gasteiger charge is -2.39. The smallest absolute Gasteiger partial charge is 0.356 e. The van der Waals surface area contributed by atoms with Crippen LogP contribution in [0.4, 0.5) is 13.2 Å². The van der Waals surface area contributed by atoms with Crippen LogP contribution in [0, 0.1) is 5.92 Å². The van der Waals surface area contributed by atoms with Crippen LogP contribution in [-0.4, -0.2) is 67.7 Å². The number of nitrogens with one attached hydrogen (secondary N) is 1. The number of alkyl halides is 3. The minimum Gasteiger partial charge on any atom is -0.356 e. The van der Waals surface area contributed by atoms with Gasteiger partial charge in [0.05, 0.1) is 0 Å². The van der Waals surface area contributed by atoms with E-state index in [2.05, 4.69) is 15.2 Å². The monoisotopic (exact) mass is 320 g/mol. The highest BCUT2D eigenvalue weighted by Gasteiger charge is 2.41. The lowest BCUT2D eigenvalue weighted by atomic mass is 10.2. The molecule has 1 aliphatic heterocycles. The molecular formula is C15H27F3N4. The number of aliphatic imine (C=N–C) groups is 1. The van der Waals surface area contributed by atoms with Gasteiger partial charge in [-0.3, -0.25) is 9.89 Å². The van der Waals surface area contributed by atoms with E-state index in [1.54, 1.807) is 7.05 Å². The topological polar surface area (TPSA) is 30.9 Å². The minimum atomic E-state index is -4.15. The fourth-order valence-corrected chi connectivity index (χ4v) is 2.86. The third-order valence-electron chi connectivity index (χ3n) is 4.62. The Bertz CT molecular complexity index is 371. The van der Waals surface area contributed by atoms with Crippen molar-refractivity contribution in [2.24, 2.45) is 10.9 Å². The van der Waals surface area contributed by atoms with E-state index in [1.165, 1.54) is 31.1 Å². The van der Waals surface area contributed by atoms with Gasteiger partial charge in [0, 0.05) is 39.8 Å². The van der Waals surface area contributed by atoms with Crippen LogP contribution >= 0.6 is 0 Å². The van der Waals surface area contributed by atoms with E-state index in [-0.39, 0.29) is 0 Å². The first-order valence-electron chi connectivity index (χ1n) is 8.18. The zero-order valence-corrected chi connectivity index (χ0v) is 13.5. The van der Waals surface area contributed by atoms with Gasteiger partial charge in [-0.25, -0.2) is 0 Å². The fourth-order valence-electron chi connectivity index (χ4n) is 2.86. The highest BCUT2D eigenvalue weighted by Crippen LogP contribution is 2.33. The van der Waals surface area contributed by atoms with Gasteiger partial charge in [0.2, 0.25) is 0 Å². The van der Waals surface area contributed by atoms with Gasteiger partial charge in [0.25, 0.3) is 0 Å². The molecule has 0 radical (unpaired) electrons. The SMILES string of the molecule is CN=C(NCCCC1CC1)N1CCN(C(C)C(F)(F)F)CC1. The largest absolute Gasteiger partial charge is 0.403 e. The quantitative estimate of drug-likeness (QED) is 0.479. The highest BCUT2D eigenvalue weighted by atomic mass is 19.4. The second kappa shape index (κ2) is 7.53. The summed E-state index contributed by atoms with van der Waals surface area (Å²) in [5.74, 6) is 1.74. The maximum Gasteiger partial charge on any atom is 0.403 e. The van der Waals surface area contributed by atoms with Gasteiger partial charge in [-0.05, 0) is 25.7 Å². The van der Waals surface area contributed by atoms with Gasteiger partial charge in [-0.2, -0.15) is 13.2 Å². The normalized spacial score (nSPS) is 22.8. The van der Waals surface area contributed by atoms with Gasteiger partial charge >= 0.3 is 6.18 Å². The fraction of sp³-hybridized carbons (Fsp3) is 0.933. The molecule has 0 bridgehead atoms.